The minimum Gasteiger partial charge on any atom is -0.465 e. The highest BCUT2D eigenvalue weighted by Gasteiger charge is 2.47. The van der Waals surface area contributed by atoms with Crippen molar-refractivity contribution in [3.05, 3.63) is 40.4 Å². The zero-order valence-corrected chi connectivity index (χ0v) is 16.7. The fraction of sp³-hybridized carbons (Fsp3) is 0.389. The summed E-state index contributed by atoms with van der Waals surface area (Å²) < 4.78 is 12.1. The molecule has 2 aromatic rings. The van der Waals surface area contributed by atoms with Gasteiger partial charge in [-0.1, -0.05) is 29.0 Å². The third-order valence-electron chi connectivity index (χ3n) is 3.91. The van der Waals surface area contributed by atoms with Gasteiger partial charge in [-0.05, 0) is 32.4 Å². The van der Waals surface area contributed by atoms with Crippen LogP contribution in [0.3, 0.4) is 0 Å². The summed E-state index contributed by atoms with van der Waals surface area (Å²) in [5, 5.41) is 6.40. The molecule has 140 valence electrons. The van der Waals surface area contributed by atoms with Crippen LogP contribution in [0.1, 0.15) is 26.3 Å². The van der Waals surface area contributed by atoms with E-state index in [2.05, 4.69) is 5.32 Å². The molecule has 1 heterocycles. The maximum Gasteiger partial charge on any atom is 0.338 e. The number of aryl methyl sites for hydroxylation is 1. The summed E-state index contributed by atoms with van der Waals surface area (Å²) in [6, 6.07) is 5.08. The van der Waals surface area contributed by atoms with Crippen LogP contribution in [0.5, 0.6) is 0 Å². The Hall–Kier alpha value is -2.12. The molecule has 0 saturated heterocycles. The highest BCUT2D eigenvalue weighted by atomic mass is 35.5. The summed E-state index contributed by atoms with van der Waals surface area (Å²) in [5.41, 5.74) is -0.543. The number of nitrogens with zero attached hydrogens (tertiary/aromatic N) is 1. The van der Waals surface area contributed by atoms with E-state index in [9.17, 15) is 9.59 Å². The average Bonchev–Trinajstić information content (AvgIpc) is 2.99. The van der Waals surface area contributed by atoms with E-state index in [0.29, 0.717) is 5.56 Å². The van der Waals surface area contributed by atoms with Gasteiger partial charge in [-0.3, -0.25) is 9.59 Å². The van der Waals surface area contributed by atoms with Crippen molar-refractivity contribution in [1.82, 2.24) is 0 Å². The van der Waals surface area contributed by atoms with Gasteiger partial charge in [-0.25, -0.2) is 9.88 Å². The molecule has 0 aliphatic carbocycles. The van der Waals surface area contributed by atoms with Crippen LogP contribution in [0.4, 0.5) is 10.8 Å². The van der Waals surface area contributed by atoms with E-state index in [1.807, 2.05) is 23.2 Å². The summed E-state index contributed by atoms with van der Waals surface area (Å²) in [4.78, 5) is 25.0. The van der Waals surface area contributed by atoms with Gasteiger partial charge in [0.25, 0.3) is 0 Å². The Morgan fingerprint density at radius 2 is 1.85 bits per heavy atom. The molecule has 0 atom stereocenters. The van der Waals surface area contributed by atoms with Crippen molar-refractivity contribution in [3.63, 3.8) is 0 Å². The van der Waals surface area contributed by atoms with Crippen LogP contribution in [0.2, 0.25) is 5.02 Å². The quantitative estimate of drug-likeness (QED) is 0.441. The van der Waals surface area contributed by atoms with Gasteiger partial charge in [-0.15, -0.1) is 0 Å². The third-order valence-corrected chi connectivity index (χ3v) is 5.09. The molecule has 1 aromatic heterocycles. The lowest BCUT2D eigenvalue weighted by Crippen LogP contribution is -2.43. The minimum atomic E-state index is -1.63. The SMILES string of the molecule is CCOC(=O)C(C)(C(=O)OCC)c1ccc(Nc2scc[n+]2C)cc1Cl. The number of esters is 2. The molecule has 8 heteroatoms. The summed E-state index contributed by atoms with van der Waals surface area (Å²) >= 11 is 7.97. The van der Waals surface area contributed by atoms with Crippen LogP contribution in [0.25, 0.3) is 0 Å². The molecule has 0 aliphatic rings. The number of rotatable bonds is 7. The van der Waals surface area contributed by atoms with E-state index >= 15 is 0 Å². The van der Waals surface area contributed by atoms with Crippen LogP contribution in [0, 0.1) is 0 Å². The fourth-order valence-corrected chi connectivity index (χ4v) is 3.58. The molecule has 1 aromatic carbocycles. The van der Waals surface area contributed by atoms with Crippen molar-refractivity contribution < 1.29 is 23.6 Å². The standard InChI is InChI=1S/C18H21ClN2O4S/c1-5-24-15(22)18(3,16(23)25-6-2)13-8-7-12(11-14(13)19)20-17-21(4)9-10-26-17/h7-11H,5-6H2,1-4H3/p+1. The molecule has 26 heavy (non-hydrogen) atoms. The van der Waals surface area contributed by atoms with Gasteiger partial charge in [0.15, 0.2) is 5.41 Å². The van der Waals surface area contributed by atoms with E-state index in [0.717, 1.165) is 10.8 Å². The zero-order chi connectivity index (χ0) is 19.3. The number of anilines is 2. The number of carbonyl (C=O) groups excluding carboxylic acids is 2. The van der Waals surface area contributed by atoms with Gasteiger partial charge in [0, 0.05) is 16.5 Å². The molecule has 0 aliphatic heterocycles. The third kappa shape index (κ3) is 3.99. The Morgan fingerprint density at radius 3 is 2.31 bits per heavy atom. The van der Waals surface area contributed by atoms with Gasteiger partial charge in [-0.2, -0.15) is 0 Å². The molecule has 0 radical (unpaired) electrons. The second-order valence-electron chi connectivity index (χ2n) is 5.70. The van der Waals surface area contributed by atoms with E-state index in [-0.39, 0.29) is 18.2 Å². The summed E-state index contributed by atoms with van der Waals surface area (Å²) in [5.74, 6) is -1.38. The highest BCUT2D eigenvalue weighted by Crippen LogP contribution is 2.35. The number of benzene rings is 1. The van der Waals surface area contributed by atoms with Crippen molar-refractivity contribution >= 4 is 45.7 Å². The predicted octanol–water partition coefficient (Wildman–Crippen LogP) is 3.35. The monoisotopic (exact) mass is 397 g/mol. The number of hydrogen-bond acceptors (Lipinski definition) is 6. The van der Waals surface area contributed by atoms with Crippen LogP contribution >= 0.6 is 22.9 Å². The van der Waals surface area contributed by atoms with E-state index in [4.69, 9.17) is 21.1 Å². The molecule has 2 rings (SSSR count). The van der Waals surface area contributed by atoms with Gasteiger partial charge in [0.05, 0.1) is 20.3 Å². The molecule has 0 unspecified atom stereocenters. The number of halogens is 1. The molecule has 0 bridgehead atoms. The van der Waals surface area contributed by atoms with Gasteiger partial charge >= 0.3 is 17.1 Å². The number of carbonyl (C=O) groups is 2. The first-order chi connectivity index (χ1) is 12.3. The van der Waals surface area contributed by atoms with Crippen molar-refractivity contribution in [2.24, 2.45) is 7.05 Å². The molecule has 0 fully saturated rings. The van der Waals surface area contributed by atoms with E-state index in [1.54, 1.807) is 43.4 Å². The number of nitrogens with one attached hydrogen (secondary N) is 1. The van der Waals surface area contributed by atoms with Gasteiger partial charge < -0.3 is 9.47 Å². The molecule has 0 saturated carbocycles. The number of aromatic nitrogens is 1. The molecule has 6 nitrogen and oxygen atoms in total. The largest absolute Gasteiger partial charge is 0.465 e. The number of thiazole rings is 1. The smallest absolute Gasteiger partial charge is 0.338 e. The first-order valence-corrected chi connectivity index (χ1v) is 9.44. The predicted molar refractivity (Wildman–Crippen MR) is 101 cm³/mol. The van der Waals surface area contributed by atoms with Crippen molar-refractivity contribution in [3.8, 4) is 0 Å². The summed E-state index contributed by atoms with van der Waals surface area (Å²) in [7, 11) is 1.92. The second kappa shape index (κ2) is 8.51. The Labute approximate surface area is 161 Å². The van der Waals surface area contributed by atoms with Crippen LogP contribution in [-0.2, 0) is 31.5 Å². The molecule has 1 N–H and O–H groups in total. The lowest BCUT2D eigenvalue weighted by atomic mass is 9.82. The van der Waals surface area contributed by atoms with Crippen molar-refractivity contribution in [2.75, 3.05) is 18.5 Å². The molecular formula is C18H22ClN2O4S+. The lowest BCUT2D eigenvalue weighted by molar-refractivity contribution is -0.652. The molecule has 0 spiro atoms. The van der Waals surface area contributed by atoms with E-state index < -0.39 is 17.4 Å². The van der Waals surface area contributed by atoms with Crippen LogP contribution in [-0.4, -0.2) is 25.2 Å². The molecule has 0 amide bonds. The van der Waals surface area contributed by atoms with Crippen molar-refractivity contribution in [2.45, 2.75) is 26.2 Å². The topological polar surface area (TPSA) is 68.5 Å². The Morgan fingerprint density at radius 1 is 1.23 bits per heavy atom. The average molecular weight is 398 g/mol. The maximum absolute atomic E-state index is 12.5. The Kier molecular flexibility index (Phi) is 6.61. The van der Waals surface area contributed by atoms with Crippen LogP contribution in [0.15, 0.2) is 29.8 Å². The Bertz CT molecular complexity index is 788. The first kappa shape index (κ1) is 20.2. The highest BCUT2D eigenvalue weighted by molar-refractivity contribution is 7.13. The minimum absolute atomic E-state index is 0.153. The fourth-order valence-electron chi connectivity index (χ4n) is 2.43. The van der Waals surface area contributed by atoms with E-state index in [1.165, 1.54) is 6.92 Å². The van der Waals surface area contributed by atoms with Crippen molar-refractivity contribution in [1.29, 1.82) is 0 Å². The normalized spacial score (nSPS) is 11.1. The summed E-state index contributed by atoms with van der Waals surface area (Å²) in [6.45, 7) is 5.13. The summed E-state index contributed by atoms with van der Waals surface area (Å²) in [6.07, 6.45) is 1.93. The number of hydrogen-bond donors (Lipinski definition) is 1. The number of ether oxygens (including phenoxy) is 2. The lowest BCUT2D eigenvalue weighted by Gasteiger charge is -2.26. The zero-order valence-electron chi connectivity index (χ0n) is 15.2. The maximum atomic E-state index is 12.5. The van der Waals surface area contributed by atoms with Crippen LogP contribution < -0.4 is 9.88 Å². The molecular weight excluding hydrogens is 376 g/mol. The first-order valence-electron chi connectivity index (χ1n) is 8.19. The van der Waals surface area contributed by atoms with Gasteiger partial charge in [0.1, 0.15) is 11.9 Å². The van der Waals surface area contributed by atoms with Gasteiger partial charge in [0.2, 0.25) is 0 Å². The Balaban J connectivity index is 2.41. The second-order valence-corrected chi connectivity index (χ2v) is 7.01.